The minimum atomic E-state index is -0.209. The van der Waals surface area contributed by atoms with E-state index in [4.69, 9.17) is 9.47 Å². The molecule has 1 aromatic carbocycles. The molecule has 5 nitrogen and oxygen atoms in total. The van der Waals surface area contributed by atoms with Gasteiger partial charge in [-0.2, -0.15) is 0 Å². The Labute approximate surface area is 151 Å². The monoisotopic (exact) mass is 359 g/mol. The Morgan fingerprint density at radius 2 is 1.92 bits per heavy atom. The van der Waals surface area contributed by atoms with Crippen LogP contribution >= 0.6 is 11.3 Å². The summed E-state index contributed by atoms with van der Waals surface area (Å²) >= 11 is 1.47. The molecule has 1 aromatic heterocycles. The van der Waals surface area contributed by atoms with E-state index in [1.807, 2.05) is 43.3 Å². The van der Waals surface area contributed by atoms with E-state index in [2.05, 4.69) is 0 Å². The summed E-state index contributed by atoms with van der Waals surface area (Å²) in [6.07, 6.45) is 0.226. The molecule has 2 aromatic rings. The van der Waals surface area contributed by atoms with Gasteiger partial charge in [0, 0.05) is 24.8 Å². The summed E-state index contributed by atoms with van der Waals surface area (Å²) in [7, 11) is 1.73. The molecule has 25 heavy (non-hydrogen) atoms. The van der Waals surface area contributed by atoms with Crippen LogP contribution in [0.3, 0.4) is 0 Å². The predicted octanol–water partition coefficient (Wildman–Crippen LogP) is 3.32. The Balaban J connectivity index is 1.47. The maximum Gasteiger partial charge on any atom is 0.222 e. The van der Waals surface area contributed by atoms with Crippen molar-refractivity contribution in [2.45, 2.75) is 25.9 Å². The maximum atomic E-state index is 12.3. The smallest absolute Gasteiger partial charge is 0.222 e. The minimum Gasteiger partial charge on any atom is -0.486 e. The van der Waals surface area contributed by atoms with E-state index in [1.165, 1.54) is 11.3 Å². The van der Waals surface area contributed by atoms with Crippen LogP contribution in [-0.4, -0.2) is 42.9 Å². The maximum absolute atomic E-state index is 12.3. The zero-order valence-corrected chi connectivity index (χ0v) is 15.2. The molecule has 2 heterocycles. The number of rotatable bonds is 6. The SMILES string of the molecule is Cc1ccc(C(=O)CCC(=O)N(C)C[C@H]2COc3ccccc3O2)s1. The van der Waals surface area contributed by atoms with E-state index >= 15 is 0 Å². The lowest BCUT2D eigenvalue weighted by molar-refractivity contribution is -0.131. The fourth-order valence-corrected chi connectivity index (χ4v) is 3.51. The van der Waals surface area contributed by atoms with Gasteiger partial charge in [-0.05, 0) is 31.2 Å². The first kappa shape index (κ1) is 17.5. The number of ether oxygens (including phenoxy) is 2. The van der Waals surface area contributed by atoms with Crippen LogP contribution in [0.2, 0.25) is 0 Å². The number of benzene rings is 1. The standard InChI is InChI=1S/C19H21NO4S/c1-13-7-9-18(25-13)15(21)8-10-19(22)20(2)11-14-12-23-16-5-3-4-6-17(16)24-14/h3-7,9,14H,8,10-12H2,1-2H3/t14-/m0/s1. The van der Waals surface area contributed by atoms with Crippen LogP contribution in [0.5, 0.6) is 11.5 Å². The third kappa shape index (κ3) is 4.39. The highest BCUT2D eigenvalue weighted by molar-refractivity contribution is 7.14. The van der Waals surface area contributed by atoms with Gasteiger partial charge < -0.3 is 14.4 Å². The van der Waals surface area contributed by atoms with Gasteiger partial charge in [0.1, 0.15) is 6.61 Å². The number of carbonyl (C=O) groups excluding carboxylic acids is 2. The van der Waals surface area contributed by atoms with E-state index in [-0.39, 0.29) is 30.6 Å². The molecule has 0 bridgehead atoms. The summed E-state index contributed by atoms with van der Waals surface area (Å²) in [6.45, 7) is 2.80. The first-order chi connectivity index (χ1) is 12.0. The molecule has 1 atom stereocenters. The zero-order chi connectivity index (χ0) is 17.8. The summed E-state index contributed by atoms with van der Waals surface area (Å²) in [5, 5.41) is 0. The van der Waals surface area contributed by atoms with Crippen molar-refractivity contribution in [2.75, 3.05) is 20.2 Å². The molecular weight excluding hydrogens is 338 g/mol. The number of hydrogen-bond donors (Lipinski definition) is 0. The van der Waals surface area contributed by atoms with Crippen molar-refractivity contribution < 1.29 is 19.1 Å². The van der Waals surface area contributed by atoms with Gasteiger partial charge in [0.15, 0.2) is 23.4 Å². The first-order valence-electron chi connectivity index (χ1n) is 8.25. The number of nitrogens with zero attached hydrogens (tertiary/aromatic N) is 1. The number of fused-ring (bicyclic) bond motifs is 1. The molecule has 3 rings (SSSR count). The van der Waals surface area contributed by atoms with Gasteiger partial charge in [-0.25, -0.2) is 0 Å². The molecule has 1 amide bonds. The van der Waals surface area contributed by atoms with Crippen molar-refractivity contribution in [3.8, 4) is 11.5 Å². The molecule has 0 N–H and O–H groups in total. The fourth-order valence-electron chi connectivity index (χ4n) is 2.68. The molecule has 0 fully saturated rings. The number of ketones is 1. The number of thiophene rings is 1. The molecule has 1 aliphatic heterocycles. The highest BCUT2D eigenvalue weighted by Crippen LogP contribution is 2.31. The molecule has 0 radical (unpaired) electrons. The van der Waals surface area contributed by atoms with Crippen LogP contribution in [-0.2, 0) is 4.79 Å². The number of Topliss-reactive ketones (excluding diaryl/α,β-unsaturated/α-hetero) is 1. The summed E-state index contributed by atoms with van der Waals surface area (Å²) in [4.78, 5) is 27.8. The fraction of sp³-hybridized carbons (Fsp3) is 0.368. The third-order valence-electron chi connectivity index (χ3n) is 4.05. The van der Waals surface area contributed by atoms with Crippen molar-refractivity contribution in [3.05, 3.63) is 46.2 Å². The predicted molar refractivity (Wildman–Crippen MR) is 96.6 cm³/mol. The lowest BCUT2D eigenvalue weighted by atomic mass is 10.1. The number of para-hydroxylation sites is 2. The van der Waals surface area contributed by atoms with Crippen LogP contribution < -0.4 is 9.47 Å². The van der Waals surface area contributed by atoms with Crippen molar-refractivity contribution >= 4 is 23.0 Å². The van der Waals surface area contributed by atoms with Crippen LogP contribution in [0, 0.1) is 6.92 Å². The summed E-state index contributed by atoms with van der Waals surface area (Å²) < 4.78 is 11.5. The molecule has 132 valence electrons. The summed E-state index contributed by atoms with van der Waals surface area (Å²) in [5.74, 6) is 1.38. The van der Waals surface area contributed by atoms with Gasteiger partial charge in [-0.3, -0.25) is 9.59 Å². The molecule has 6 heteroatoms. The highest BCUT2D eigenvalue weighted by Gasteiger charge is 2.24. The van der Waals surface area contributed by atoms with E-state index in [1.54, 1.807) is 11.9 Å². The zero-order valence-electron chi connectivity index (χ0n) is 14.4. The van der Waals surface area contributed by atoms with E-state index < -0.39 is 0 Å². The Kier molecular flexibility index (Phi) is 5.38. The Morgan fingerprint density at radius 1 is 1.16 bits per heavy atom. The van der Waals surface area contributed by atoms with Gasteiger partial charge in [0.05, 0.1) is 11.4 Å². The quantitative estimate of drug-likeness (QED) is 0.743. The van der Waals surface area contributed by atoms with Crippen molar-refractivity contribution in [3.63, 3.8) is 0 Å². The van der Waals surface area contributed by atoms with Gasteiger partial charge in [-0.1, -0.05) is 12.1 Å². The topological polar surface area (TPSA) is 55.8 Å². The highest BCUT2D eigenvalue weighted by atomic mass is 32.1. The molecular formula is C19H21NO4S. The largest absolute Gasteiger partial charge is 0.486 e. The average Bonchev–Trinajstić information content (AvgIpc) is 3.05. The number of hydrogen-bond acceptors (Lipinski definition) is 5. The number of likely N-dealkylation sites (N-methyl/N-ethyl adjacent to an activating group) is 1. The van der Waals surface area contributed by atoms with Crippen LogP contribution in [0.4, 0.5) is 0 Å². The molecule has 0 unspecified atom stereocenters. The van der Waals surface area contributed by atoms with Gasteiger partial charge in [0.25, 0.3) is 0 Å². The second-order valence-corrected chi connectivity index (χ2v) is 7.39. The van der Waals surface area contributed by atoms with Crippen LogP contribution in [0.25, 0.3) is 0 Å². The van der Waals surface area contributed by atoms with Gasteiger partial charge >= 0.3 is 0 Å². The second kappa shape index (κ2) is 7.70. The lowest BCUT2D eigenvalue weighted by Gasteiger charge is -2.29. The second-order valence-electron chi connectivity index (χ2n) is 6.11. The van der Waals surface area contributed by atoms with Gasteiger partial charge in [-0.15, -0.1) is 11.3 Å². The molecule has 0 aliphatic carbocycles. The Bertz CT molecular complexity index is 770. The molecule has 1 aliphatic rings. The van der Waals surface area contributed by atoms with Crippen molar-refractivity contribution in [2.24, 2.45) is 0 Å². The van der Waals surface area contributed by atoms with Gasteiger partial charge in [0.2, 0.25) is 5.91 Å². The van der Waals surface area contributed by atoms with Crippen molar-refractivity contribution in [1.29, 1.82) is 0 Å². The molecule has 0 saturated heterocycles. The summed E-state index contributed by atoms with van der Waals surface area (Å²) in [5.41, 5.74) is 0. The normalized spacial score (nSPS) is 15.7. The lowest BCUT2D eigenvalue weighted by Crippen LogP contribution is -2.41. The third-order valence-corrected chi connectivity index (χ3v) is 5.09. The molecule has 0 spiro atoms. The van der Waals surface area contributed by atoms with E-state index in [0.717, 1.165) is 10.6 Å². The average molecular weight is 359 g/mol. The first-order valence-corrected chi connectivity index (χ1v) is 9.06. The number of carbonyl (C=O) groups is 2. The Hall–Kier alpha value is -2.34. The summed E-state index contributed by atoms with van der Waals surface area (Å²) in [6, 6.07) is 11.2. The minimum absolute atomic E-state index is 0.0195. The van der Waals surface area contributed by atoms with Crippen molar-refractivity contribution in [1.82, 2.24) is 4.90 Å². The van der Waals surface area contributed by atoms with E-state index in [9.17, 15) is 9.59 Å². The van der Waals surface area contributed by atoms with Crippen LogP contribution in [0.15, 0.2) is 36.4 Å². The molecule has 0 saturated carbocycles. The Morgan fingerprint density at radius 3 is 2.64 bits per heavy atom. The van der Waals surface area contributed by atoms with Crippen LogP contribution in [0.1, 0.15) is 27.4 Å². The number of amides is 1. The van der Waals surface area contributed by atoms with E-state index in [0.29, 0.717) is 23.8 Å². The number of aryl methyl sites for hydroxylation is 1.